The van der Waals surface area contributed by atoms with Crippen LogP contribution < -0.4 is 7.16 Å². The van der Waals surface area contributed by atoms with Gasteiger partial charge in [-0.15, -0.1) is 0 Å². The molecular weight excluding hydrogens is 508 g/mol. The van der Waals surface area contributed by atoms with Gasteiger partial charge in [0, 0.05) is 0 Å². The quantitative estimate of drug-likeness (QED) is 0.151. The van der Waals surface area contributed by atoms with Crippen LogP contribution in [0, 0.1) is 17.3 Å². The summed E-state index contributed by atoms with van der Waals surface area (Å²) in [6.45, 7) is 0. The van der Waals surface area contributed by atoms with Gasteiger partial charge in [0.2, 0.25) is 0 Å². The van der Waals surface area contributed by atoms with Crippen LogP contribution in [0.15, 0.2) is 108 Å². The van der Waals surface area contributed by atoms with E-state index in [4.69, 9.17) is 8.92 Å². The first-order valence-electron chi connectivity index (χ1n) is 10.9. The van der Waals surface area contributed by atoms with E-state index in [2.05, 4.69) is 102 Å². The molecular formula is C27H26ClNOSn. The van der Waals surface area contributed by atoms with E-state index >= 15 is 0 Å². The van der Waals surface area contributed by atoms with Gasteiger partial charge in [-0.25, -0.2) is 0 Å². The van der Waals surface area contributed by atoms with Crippen molar-refractivity contribution < 1.29 is 5.21 Å². The first kappa shape index (κ1) is 20.8. The fourth-order valence-electron chi connectivity index (χ4n) is 6.07. The summed E-state index contributed by atoms with van der Waals surface area (Å²) in [7, 11) is 8.01. The second-order valence-corrected chi connectivity index (χ2v) is 22.0. The van der Waals surface area contributed by atoms with Gasteiger partial charge in [0.25, 0.3) is 0 Å². The number of oxime groups is 1. The van der Waals surface area contributed by atoms with Crippen LogP contribution in [-0.2, 0) is 6.42 Å². The molecule has 1 fully saturated rings. The molecule has 0 heterocycles. The normalized spacial score (nSPS) is 27.2. The minimum atomic E-state index is -3.75. The molecule has 31 heavy (non-hydrogen) atoms. The van der Waals surface area contributed by atoms with Crippen molar-refractivity contribution in [3.05, 3.63) is 109 Å². The van der Waals surface area contributed by atoms with Crippen molar-refractivity contribution in [2.75, 3.05) is 0 Å². The molecule has 156 valence electrons. The maximum atomic E-state index is 9.85. The third-order valence-electron chi connectivity index (χ3n) is 7.28. The standard InChI is InChI=1S/C15H16NO.2C6H5.ClH.Sn/c17-16-11-15(9-12-4-2-1-3-5-12)10-13-6-7-14(15)8-13;2*1-2-4-6-5-3-1;;/h1-7,10-11,13-14,17H,8-9H2;2*1-5H;1H;/q;;;;+1/p-1/b16-11+;;;;/t13-,14+,15-;;;;/m0..../s1. The Bertz CT molecular complexity index is 1050. The molecule has 3 aromatic carbocycles. The van der Waals surface area contributed by atoms with Crippen LogP contribution >= 0.6 is 8.92 Å². The number of halogens is 1. The molecule has 2 bridgehead atoms. The van der Waals surface area contributed by atoms with E-state index in [1.807, 2.05) is 12.3 Å². The van der Waals surface area contributed by atoms with E-state index in [1.165, 1.54) is 12.7 Å². The van der Waals surface area contributed by atoms with Gasteiger partial charge < -0.3 is 0 Å². The van der Waals surface area contributed by atoms with Crippen molar-refractivity contribution in [3.8, 4) is 0 Å². The van der Waals surface area contributed by atoms with Gasteiger partial charge in [0.1, 0.15) is 0 Å². The van der Waals surface area contributed by atoms with E-state index in [1.54, 1.807) is 0 Å². The second-order valence-electron chi connectivity index (χ2n) is 8.83. The molecule has 3 aromatic rings. The molecule has 0 aliphatic heterocycles. The van der Waals surface area contributed by atoms with Gasteiger partial charge in [-0.05, 0) is 0 Å². The van der Waals surface area contributed by atoms with Crippen LogP contribution in [0.2, 0.25) is 3.93 Å². The molecule has 0 amide bonds. The van der Waals surface area contributed by atoms with Crippen molar-refractivity contribution >= 4 is 39.5 Å². The van der Waals surface area contributed by atoms with Crippen LogP contribution in [0.3, 0.4) is 0 Å². The molecule has 5 rings (SSSR count). The third-order valence-corrected chi connectivity index (χ3v) is 23.7. The Labute approximate surface area is 191 Å². The number of fused-ring (bicyclic) bond motifs is 2. The van der Waals surface area contributed by atoms with Gasteiger partial charge in [-0.2, -0.15) is 0 Å². The van der Waals surface area contributed by atoms with E-state index in [-0.39, 0.29) is 9.35 Å². The molecule has 0 spiro atoms. The average Bonchev–Trinajstić information content (AvgIpc) is 3.41. The number of hydrogen-bond acceptors (Lipinski definition) is 2. The molecule has 4 atom stereocenters. The van der Waals surface area contributed by atoms with Crippen molar-refractivity contribution in [2.45, 2.75) is 16.8 Å². The fraction of sp³-hybridized carbons (Fsp3) is 0.222. The Morgan fingerprint density at radius 3 is 1.97 bits per heavy atom. The first-order chi connectivity index (χ1) is 15.2. The van der Waals surface area contributed by atoms with Crippen LogP contribution in [-0.4, -0.2) is 28.7 Å². The van der Waals surface area contributed by atoms with Crippen LogP contribution in [0.4, 0.5) is 0 Å². The van der Waals surface area contributed by atoms with E-state index in [0.29, 0.717) is 11.8 Å². The number of hydrogen-bond donors (Lipinski definition) is 1. The zero-order valence-electron chi connectivity index (χ0n) is 17.3. The molecule has 2 nitrogen and oxygen atoms in total. The van der Waals surface area contributed by atoms with E-state index < -0.39 is 17.3 Å². The number of rotatable bonds is 6. The van der Waals surface area contributed by atoms with Gasteiger partial charge >= 0.3 is 193 Å². The monoisotopic (exact) mass is 535 g/mol. The molecule has 4 heteroatoms. The second kappa shape index (κ2) is 8.48. The molecule has 0 unspecified atom stereocenters. The summed E-state index contributed by atoms with van der Waals surface area (Å²) in [4.78, 5) is 0. The molecule has 2 aliphatic rings. The summed E-state index contributed by atoms with van der Waals surface area (Å²) in [5.41, 5.74) is 0.971. The summed E-state index contributed by atoms with van der Waals surface area (Å²) in [6.07, 6.45) is 8.46. The van der Waals surface area contributed by atoms with Crippen LogP contribution in [0.25, 0.3) is 0 Å². The summed E-state index contributed by atoms with van der Waals surface area (Å²) < 4.78 is 2.83. The summed E-state index contributed by atoms with van der Waals surface area (Å²) in [6, 6.07) is 32.0. The Morgan fingerprint density at radius 2 is 1.42 bits per heavy atom. The molecule has 0 saturated heterocycles. The molecule has 0 aromatic heterocycles. The predicted molar refractivity (Wildman–Crippen MR) is 131 cm³/mol. The Morgan fingerprint density at radius 1 is 0.871 bits per heavy atom. The Kier molecular flexibility index (Phi) is 5.70. The molecule has 1 saturated carbocycles. The third kappa shape index (κ3) is 3.44. The van der Waals surface area contributed by atoms with Crippen molar-refractivity contribution in [2.24, 2.45) is 22.4 Å². The van der Waals surface area contributed by atoms with Gasteiger partial charge in [-0.3, -0.25) is 0 Å². The van der Waals surface area contributed by atoms with Crippen molar-refractivity contribution in [1.82, 2.24) is 0 Å². The SMILES string of the molecule is O/N=C/[C@@]1(Cc2ccccc2)[C@@H]2C=C[C@@H](C2)[C@H]1[Sn]([Cl])([c]1ccccc1)[c]1ccccc1. The van der Waals surface area contributed by atoms with Gasteiger partial charge in [0.05, 0.1) is 0 Å². The van der Waals surface area contributed by atoms with Gasteiger partial charge in [0.15, 0.2) is 0 Å². The first-order valence-corrected chi connectivity index (χ1v) is 19.0. The zero-order valence-corrected chi connectivity index (χ0v) is 20.9. The number of nitrogens with zero attached hydrogens (tertiary/aromatic N) is 1. The maximum absolute atomic E-state index is 9.85. The predicted octanol–water partition coefficient (Wildman–Crippen LogP) is 5.25. The van der Waals surface area contributed by atoms with Crippen LogP contribution in [0.1, 0.15) is 12.0 Å². The Hall–Kier alpha value is -2.04. The summed E-state index contributed by atoms with van der Waals surface area (Å²) in [5, 5.41) is 13.5. The van der Waals surface area contributed by atoms with Crippen molar-refractivity contribution in [1.29, 1.82) is 0 Å². The van der Waals surface area contributed by atoms with Gasteiger partial charge in [-0.1, -0.05) is 0 Å². The molecule has 0 radical (unpaired) electrons. The molecule has 1 N–H and O–H groups in total. The molecule has 2 aliphatic carbocycles. The number of benzene rings is 3. The summed E-state index contributed by atoms with van der Waals surface area (Å²) in [5.74, 6) is 0.737. The Balaban J connectivity index is 1.73. The topological polar surface area (TPSA) is 32.6 Å². The minimum absolute atomic E-state index is 0.249. The zero-order chi connectivity index (χ0) is 21.3. The number of allylic oxidation sites excluding steroid dienone is 2. The fourth-order valence-corrected chi connectivity index (χ4v) is 22.7. The van der Waals surface area contributed by atoms with Crippen molar-refractivity contribution in [3.63, 3.8) is 0 Å². The van der Waals surface area contributed by atoms with E-state index in [9.17, 15) is 5.21 Å². The summed E-state index contributed by atoms with van der Waals surface area (Å²) >= 11 is -3.75. The average molecular weight is 535 g/mol. The van der Waals surface area contributed by atoms with Crippen LogP contribution in [0.5, 0.6) is 0 Å². The van der Waals surface area contributed by atoms with E-state index in [0.717, 1.165) is 12.8 Å².